The van der Waals surface area contributed by atoms with Crippen LogP contribution in [0.4, 0.5) is 5.69 Å². The average Bonchev–Trinajstić information content (AvgIpc) is 2.84. The first-order valence-corrected chi connectivity index (χ1v) is 7.51. The summed E-state index contributed by atoms with van der Waals surface area (Å²) in [5, 5.41) is 2.69. The van der Waals surface area contributed by atoms with E-state index >= 15 is 0 Å². The van der Waals surface area contributed by atoms with Crippen molar-refractivity contribution in [3.05, 3.63) is 56.7 Å². The number of rotatable bonds is 4. The van der Waals surface area contributed by atoms with Gasteiger partial charge in [-0.15, -0.1) is 11.3 Å². The molecule has 0 aliphatic carbocycles. The topological polar surface area (TPSA) is 46.2 Å². The lowest BCUT2D eigenvalue weighted by molar-refractivity contribution is -0.114. The number of allylic oxidation sites excluding steroid dienone is 1. The molecule has 102 valence electrons. The molecule has 20 heavy (non-hydrogen) atoms. The van der Waals surface area contributed by atoms with E-state index in [2.05, 4.69) is 21.2 Å². The van der Waals surface area contributed by atoms with E-state index in [4.69, 9.17) is 0 Å². The van der Waals surface area contributed by atoms with Crippen LogP contribution in [0.2, 0.25) is 0 Å². The molecule has 0 aliphatic rings. The summed E-state index contributed by atoms with van der Waals surface area (Å²) in [6.45, 7) is 1.46. The molecule has 0 unspecified atom stereocenters. The summed E-state index contributed by atoms with van der Waals surface area (Å²) in [6.07, 6.45) is 3.30. The quantitative estimate of drug-likeness (QED) is 0.658. The Morgan fingerprint density at radius 3 is 2.40 bits per heavy atom. The zero-order chi connectivity index (χ0) is 14.5. The van der Waals surface area contributed by atoms with Crippen LogP contribution in [0.5, 0.6) is 0 Å². The van der Waals surface area contributed by atoms with Gasteiger partial charge in [-0.3, -0.25) is 9.59 Å². The lowest BCUT2D eigenvalue weighted by atomic mass is 10.1. The van der Waals surface area contributed by atoms with Crippen molar-refractivity contribution in [2.75, 3.05) is 5.32 Å². The number of anilines is 1. The average molecular weight is 350 g/mol. The first-order chi connectivity index (χ1) is 9.54. The fraction of sp³-hybridized carbons (Fsp3) is 0.0667. The number of ketones is 1. The Morgan fingerprint density at radius 2 is 1.85 bits per heavy atom. The van der Waals surface area contributed by atoms with Crippen molar-refractivity contribution in [2.45, 2.75) is 6.92 Å². The SMILES string of the molecule is CC(=O)Nc1ccc(/C=C/C(=O)c2ccc(Br)s2)cc1. The van der Waals surface area contributed by atoms with E-state index in [1.807, 2.05) is 18.2 Å². The van der Waals surface area contributed by atoms with Crippen molar-refractivity contribution in [2.24, 2.45) is 0 Å². The Kier molecular flexibility index (Phi) is 4.87. The van der Waals surface area contributed by atoms with E-state index in [1.54, 1.807) is 30.4 Å². The maximum absolute atomic E-state index is 11.9. The van der Waals surface area contributed by atoms with Gasteiger partial charge in [-0.2, -0.15) is 0 Å². The third kappa shape index (κ3) is 4.15. The first-order valence-electron chi connectivity index (χ1n) is 5.90. The van der Waals surface area contributed by atoms with Crippen LogP contribution in [0.3, 0.4) is 0 Å². The van der Waals surface area contributed by atoms with Crippen LogP contribution in [0.15, 0.2) is 46.3 Å². The Morgan fingerprint density at radius 1 is 1.15 bits per heavy atom. The summed E-state index contributed by atoms with van der Waals surface area (Å²) < 4.78 is 0.939. The summed E-state index contributed by atoms with van der Waals surface area (Å²) in [5.41, 5.74) is 1.64. The Bertz CT molecular complexity index is 659. The minimum atomic E-state index is -0.105. The molecule has 2 aromatic rings. The van der Waals surface area contributed by atoms with Gasteiger partial charge in [0.05, 0.1) is 8.66 Å². The maximum atomic E-state index is 11.9. The fourth-order valence-electron chi connectivity index (χ4n) is 1.58. The molecule has 0 spiro atoms. The molecule has 1 N–H and O–H groups in total. The number of halogens is 1. The van der Waals surface area contributed by atoms with Crippen LogP contribution in [-0.2, 0) is 4.79 Å². The molecule has 1 heterocycles. The van der Waals surface area contributed by atoms with Gasteiger partial charge in [-0.25, -0.2) is 0 Å². The number of hydrogen-bond acceptors (Lipinski definition) is 3. The van der Waals surface area contributed by atoms with Crippen LogP contribution >= 0.6 is 27.3 Å². The second-order valence-electron chi connectivity index (χ2n) is 4.10. The minimum Gasteiger partial charge on any atom is -0.326 e. The highest BCUT2D eigenvalue weighted by Crippen LogP contribution is 2.23. The number of carbonyl (C=O) groups excluding carboxylic acids is 2. The monoisotopic (exact) mass is 349 g/mol. The smallest absolute Gasteiger partial charge is 0.221 e. The summed E-state index contributed by atoms with van der Waals surface area (Å²) in [4.78, 5) is 23.5. The van der Waals surface area contributed by atoms with Crippen LogP contribution in [-0.4, -0.2) is 11.7 Å². The molecule has 0 atom stereocenters. The normalized spacial score (nSPS) is 10.7. The van der Waals surface area contributed by atoms with Gasteiger partial charge in [0, 0.05) is 12.6 Å². The van der Waals surface area contributed by atoms with Gasteiger partial charge in [0.15, 0.2) is 5.78 Å². The molecule has 0 saturated heterocycles. The van der Waals surface area contributed by atoms with Crippen LogP contribution in [0, 0.1) is 0 Å². The van der Waals surface area contributed by atoms with Crippen LogP contribution in [0.1, 0.15) is 22.2 Å². The number of nitrogens with one attached hydrogen (secondary N) is 1. The molecule has 0 fully saturated rings. The molecule has 2 rings (SSSR count). The van der Waals surface area contributed by atoms with E-state index in [9.17, 15) is 9.59 Å². The first kappa shape index (κ1) is 14.7. The molecule has 0 saturated carbocycles. The highest BCUT2D eigenvalue weighted by molar-refractivity contribution is 9.11. The van der Waals surface area contributed by atoms with Crippen molar-refractivity contribution < 1.29 is 9.59 Å². The largest absolute Gasteiger partial charge is 0.326 e. The summed E-state index contributed by atoms with van der Waals surface area (Å²) >= 11 is 4.74. The van der Waals surface area contributed by atoms with E-state index in [0.717, 1.165) is 15.0 Å². The second kappa shape index (κ2) is 6.63. The molecular weight excluding hydrogens is 338 g/mol. The predicted molar refractivity (Wildman–Crippen MR) is 86.1 cm³/mol. The highest BCUT2D eigenvalue weighted by atomic mass is 79.9. The molecule has 5 heteroatoms. The van der Waals surface area contributed by atoms with Crippen molar-refractivity contribution in [1.82, 2.24) is 0 Å². The van der Waals surface area contributed by atoms with E-state index in [0.29, 0.717) is 4.88 Å². The van der Waals surface area contributed by atoms with Crippen molar-refractivity contribution in [1.29, 1.82) is 0 Å². The predicted octanol–water partition coefficient (Wildman–Crippen LogP) is 4.37. The Hall–Kier alpha value is -1.72. The van der Waals surface area contributed by atoms with Crippen molar-refractivity contribution >= 4 is 50.7 Å². The van der Waals surface area contributed by atoms with Gasteiger partial charge in [0.1, 0.15) is 0 Å². The summed E-state index contributed by atoms with van der Waals surface area (Å²) in [6, 6.07) is 10.9. The molecule has 0 bridgehead atoms. The summed E-state index contributed by atoms with van der Waals surface area (Å²) in [7, 11) is 0. The number of carbonyl (C=O) groups is 2. The van der Waals surface area contributed by atoms with Crippen LogP contribution < -0.4 is 5.32 Å². The fourth-order valence-corrected chi connectivity index (χ4v) is 2.89. The van der Waals surface area contributed by atoms with E-state index in [1.165, 1.54) is 18.3 Å². The van der Waals surface area contributed by atoms with Crippen LogP contribution in [0.25, 0.3) is 6.08 Å². The third-order valence-corrected chi connectivity index (χ3v) is 4.11. The number of thiophene rings is 1. The lowest BCUT2D eigenvalue weighted by Crippen LogP contribution is -2.05. The lowest BCUT2D eigenvalue weighted by Gasteiger charge is -2.01. The van der Waals surface area contributed by atoms with E-state index in [-0.39, 0.29) is 11.7 Å². The molecule has 3 nitrogen and oxygen atoms in total. The third-order valence-electron chi connectivity index (χ3n) is 2.47. The highest BCUT2D eigenvalue weighted by Gasteiger charge is 2.04. The van der Waals surface area contributed by atoms with Gasteiger partial charge >= 0.3 is 0 Å². The Balaban J connectivity index is 2.04. The molecule has 1 aromatic carbocycles. The minimum absolute atomic E-state index is 0.0216. The Labute approximate surface area is 129 Å². The standard InChI is InChI=1S/C15H12BrNO2S/c1-10(18)17-12-5-2-11(3-6-12)4-7-13(19)14-8-9-15(16)20-14/h2-9H,1H3,(H,17,18)/b7-4+. The number of amides is 1. The molecule has 1 aromatic heterocycles. The van der Waals surface area contributed by atoms with Crippen molar-refractivity contribution in [3.63, 3.8) is 0 Å². The van der Waals surface area contributed by atoms with E-state index < -0.39 is 0 Å². The van der Waals surface area contributed by atoms with Gasteiger partial charge in [-0.1, -0.05) is 18.2 Å². The second-order valence-corrected chi connectivity index (χ2v) is 6.57. The van der Waals surface area contributed by atoms with Gasteiger partial charge in [-0.05, 0) is 51.8 Å². The molecular formula is C15H12BrNO2S. The number of hydrogen-bond donors (Lipinski definition) is 1. The summed E-state index contributed by atoms with van der Waals surface area (Å²) in [5.74, 6) is -0.127. The number of benzene rings is 1. The van der Waals surface area contributed by atoms with Gasteiger partial charge < -0.3 is 5.32 Å². The zero-order valence-corrected chi connectivity index (χ0v) is 13.1. The molecule has 1 amide bonds. The maximum Gasteiger partial charge on any atom is 0.221 e. The van der Waals surface area contributed by atoms with Gasteiger partial charge in [0.2, 0.25) is 5.91 Å². The molecule has 0 aliphatic heterocycles. The molecule has 0 radical (unpaired) electrons. The zero-order valence-electron chi connectivity index (χ0n) is 10.7. The van der Waals surface area contributed by atoms with Crippen molar-refractivity contribution in [3.8, 4) is 0 Å². The van der Waals surface area contributed by atoms with Gasteiger partial charge in [0.25, 0.3) is 0 Å².